The van der Waals surface area contributed by atoms with Crippen LogP contribution in [0, 0.1) is 17.8 Å². The molecule has 3 N–H and O–H groups in total. The second-order valence-electron chi connectivity index (χ2n) is 10.2. The summed E-state index contributed by atoms with van der Waals surface area (Å²) in [6, 6.07) is 6.14. The van der Waals surface area contributed by atoms with Crippen molar-refractivity contribution in [2.45, 2.75) is 63.7 Å². The minimum Gasteiger partial charge on any atom is -0.497 e. The maximum absolute atomic E-state index is 13.9. The Balaban J connectivity index is 1.69. The van der Waals surface area contributed by atoms with Gasteiger partial charge in [0.1, 0.15) is 17.4 Å². The third kappa shape index (κ3) is 4.08. The summed E-state index contributed by atoms with van der Waals surface area (Å²) >= 11 is 0. The molecule has 0 aromatic heterocycles. The van der Waals surface area contributed by atoms with Crippen molar-refractivity contribution in [3.8, 4) is 5.75 Å². The van der Waals surface area contributed by atoms with Crippen molar-refractivity contribution in [1.29, 1.82) is 0 Å². The molecule has 6 atom stereocenters. The molecule has 35 heavy (non-hydrogen) atoms. The number of benzene rings is 1. The Morgan fingerprint density at radius 3 is 2.57 bits per heavy atom. The van der Waals surface area contributed by atoms with Crippen molar-refractivity contribution in [3.05, 3.63) is 24.3 Å². The summed E-state index contributed by atoms with van der Waals surface area (Å²) < 4.78 is 11.9. The zero-order valence-corrected chi connectivity index (χ0v) is 21.0. The predicted molar refractivity (Wildman–Crippen MR) is 130 cm³/mol. The van der Waals surface area contributed by atoms with E-state index >= 15 is 0 Å². The van der Waals surface area contributed by atoms with Crippen LogP contribution in [-0.4, -0.2) is 71.8 Å². The first kappa shape index (κ1) is 25.4. The van der Waals surface area contributed by atoms with E-state index in [-0.39, 0.29) is 30.2 Å². The summed E-state index contributed by atoms with van der Waals surface area (Å²) in [5, 5.41) is 15.2. The van der Waals surface area contributed by atoms with E-state index in [1.54, 1.807) is 36.3 Å². The number of aliphatic hydroxyl groups excluding tert-OH is 1. The van der Waals surface area contributed by atoms with Gasteiger partial charge in [0.25, 0.3) is 0 Å². The fourth-order valence-electron chi connectivity index (χ4n) is 6.32. The molecule has 0 aliphatic carbocycles. The zero-order valence-electron chi connectivity index (χ0n) is 21.0. The van der Waals surface area contributed by atoms with E-state index in [0.29, 0.717) is 43.8 Å². The monoisotopic (exact) mass is 487 g/mol. The Morgan fingerprint density at radius 1 is 1.23 bits per heavy atom. The van der Waals surface area contributed by atoms with Crippen molar-refractivity contribution in [3.63, 3.8) is 0 Å². The molecular formula is C26H37N3O6. The molecule has 3 amide bonds. The second-order valence-corrected chi connectivity index (χ2v) is 10.2. The van der Waals surface area contributed by atoms with Gasteiger partial charge in [-0.25, -0.2) is 0 Å². The van der Waals surface area contributed by atoms with Crippen LogP contribution in [0.3, 0.4) is 0 Å². The summed E-state index contributed by atoms with van der Waals surface area (Å²) in [5.74, 6) is -1.45. The summed E-state index contributed by atoms with van der Waals surface area (Å²) in [4.78, 5) is 42.5. The highest BCUT2D eigenvalue weighted by Gasteiger charge is 2.79. The van der Waals surface area contributed by atoms with Gasteiger partial charge in [0.2, 0.25) is 17.7 Å². The van der Waals surface area contributed by atoms with Crippen LogP contribution in [0.5, 0.6) is 5.75 Å². The molecule has 192 valence electrons. The summed E-state index contributed by atoms with van der Waals surface area (Å²) in [7, 11) is 1.57. The fourth-order valence-corrected chi connectivity index (χ4v) is 6.32. The number of anilines is 1. The van der Waals surface area contributed by atoms with Crippen LogP contribution in [0.1, 0.15) is 46.5 Å². The third-order valence-corrected chi connectivity index (χ3v) is 8.06. The third-order valence-electron chi connectivity index (χ3n) is 8.06. The molecule has 9 nitrogen and oxygen atoms in total. The van der Waals surface area contributed by atoms with Gasteiger partial charge in [-0.3, -0.25) is 14.4 Å². The van der Waals surface area contributed by atoms with Gasteiger partial charge < -0.3 is 30.1 Å². The second kappa shape index (κ2) is 9.78. The summed E-state index contributed by atoms with van der Waals surface area (Å²) in [6.45, 7) is 6.76. The van der Waals surface area contributed by atoms with Gasteiger partial charge in [-0.15, -0.1) is 0 Å². The van der Waals surface area contributed by atoms with Crippen LogP contribution in [0.4, 0.5) is 5.69 Å². The number of carbonyl (C=O) groups is 3. The van der Waals surface area contributed by atoms with Crippen molar-refractivity contribution in [2.75, 3.05) is 32.1 Å². The summed E-state index contributed by atoms with van der Waals surface area (Å²) in [6.07, 6.45) is 2.38. The molecule has 3 fully saturated rings. The van der Waals surface area contributed by atoms with Crippen LogP contribution < -0.4 is 15.4 Å². The molecule has 3 aliphatic rings. The number of hydrogen-bond acceptors (Lipinski definition) is 6. The fraction of sp³-hybridized carbons (Fsp3) is 0.654. The lowest BCUT2D eigenvalue weighted by atomic mass is 9.62. The van der Waals surface area contributed by atoms with Crippen molar-refractivity contribution in [2.24, 2.45) is 17.8 Å². The lowest BCUT2D eigenvalue weighted by molar-refractivity contribution is -0.146. The Hall–Kier alpha value is -2.65. The van der Waals surface area contributed by atoms with Gasteiger partial charge in [0.05, 0.1) is 24.5 Å². The average Bonchev–Trinajstić information content (AvgIpc) is 3.35. The highest BCUT2D eigenvalue weighted by molar-refractivity contribution is 6.03. The number of amides is 3. The molecule has 2 bridgehead atoms. The van der Waals surface area contributed by atoms with Gasteiger partial charge in [0.15, 0.2) is 0 Å². The molecule has 3 unspecified atom stereocenters. The van der Waals surface area contributed by atoms with Crippen LogP contribution in [-0.2, 0) is 19.1 Å². The molecule has 9 heteroatoms. The average molecular weight is 488 g/mol. The van der Waals surface area contributed by atoms with Crippen LogP contribution in [0.2, 0.25) is 0 Å². The molecule has 1 spiro atoms. The number of fused-ring (bicyclic) bond motifs is 1. The number of nitrogens with zero attached hydrogens (tertiary/aromatic N) is 1. The molecule has 3 aliphatic heterocycles. The number of unbranched alkanes of at least 4 members (excludes halogenated alkanes) is 1. The highest BCUT2D eigenvalue weighted by atomic mass is 16.5. The minimum atomic E-state index is -1.07. The van der Waals surface area contributed by atoms with E-state index in [0.717, 1.165) is 6.42 Å². The highest BCUT2D eigenvalue weighted by Crippen LogP contribution is 2.65. The molecule has 0 radical (unpaired) electrons. The van der Waals surface area contributed by atoms with E-state index in [2.05, 4.69) is 10.6 Å². The number of ether oxygens (including phenoxy) is 2. The predicted octanol–water partition coefficient (Wildman–Crippen LogP) is 1.94. The standard InChI is InChI=1S/C26H37N3O6/c1-5-12-27-22(31)19-20-24(33)29(13-6-7-14-30)21(26(20)15-16(2)25(19,3)35-26)23(32)28-17-8-10-18(34-4)11-9-17/h8-11,16,19-21,30H,5-7,12-15H2,1-4H3,(H,27,31)(H,28,32)/t16?,19-,20+,21?,25+,26?/m1/s1. The zero-order chi connectivity index (χ0) is 25.4. The summed E-state index contributed by atoms with van der Waals surface area (Å²) in [5.41, 5.74) is -1.31. The van der Waals surface area contributed by atoms with Gasteiger partial charge in [0, 0.05) is 25.4 Å². The smallest absolute Gasteiger partial charge is 0.250 e. The molecule has 1 aromatic rings. The van der Waals surface area contributed by atoms with E-state index in [1.807, 2.05) is 20.8 Å². The SMILES string of the molecule is CCCNC(=O)[C@H]1[C@H]2C(=O)N(CCCCO)C(C(=O)Nc3ccc(OC)cc3)C23CC(C)[C@]1(C)O3. The van der Waals surface area contributed by atoms with E-state index in [1.165, 1.54) is 0 Å². The first-order valence-electron chi connectivity index (χ1n) is 12.6. The Kier molecular flexibility index (Phi) is 7.11. The minimum absolute atomic E-state index is 0.00222. The van der Waals surface area contributed by atoms with E-state index in [9.17, 15) is 19.5 Å². The Bertz CT molecular complexity index is 968. The number of aliphatic hydroxyl groups is 1. The van der Waals surface area contributed by atoms with Gasteiger partial charge in [-0.1, -0.05) is 13.8 Å². The first-order chi connectivity index (χ1) is 16.7. The molecule has 3 saturated heterocycles. The van der Waals surface area contributed by atoms with Gasteiger partial charge in [-0.2, -0.15) is 0 Å². The molecular weight excluding hydrogens is 450 g/mol. The molecule has 1 aromatic carbocycles. The Labute approximate surface area is 206 Å². The number of rotatable bonds is 10. The van der Waals surface area contributed by atoms with Crippen molar-refractivity contribution in [1.82, 2.24) is 10.2 Å². The van der Waals surface area contributed by atoms with E-state index in [4.69, 9.17) is 9.47 Å². The van der Waals surface area contributed by atoms with Crippen molar-refractivity contribution >= 4 is 23.4 Å². The van der Waals surface area contributed by atoms with Gasteiger partial charge >= 0.3 is 0 Å². The first-order valence-corrected chi connectivity index (χ1v) is 12.6. The van der Waals surface area contributed by atoms with Crippen LogP contribution in [0.25, 0.3) is 0 Å². The van der Waals surface area contributed by atoms with E-state index < -0.39 is 29.1 Å². The maximum Gasteiger partial charge on any atom is 0.250 e. The molecule has 4 rings (SSSR count). The maximum atomic E-state index is 13.9. The number of methoxy groups -OCH3 is 1. The molecule has 3 heterocycles. The normalized spacial score (nSPS) is 33.1. The Morgan fingerprint density at radius 2 is 1.94 bits per heavy atom. The number of hydrogen-bond donors (Lipinski definition) is 3. The number of likely N-dealkylation sites (tertiary alicyclic amines) is 1. The quantitative estimate of drug-likeness (QED) is 0.434. The van der Waals surface area contributed by atoms with Gasteiger partial charge in [-0.05, 0) is 62.8 Å². The van der Waals surface area contributed by atoms with Crippen molar-refractivity contribution < 1.29 is 29.0 Å². The number of nitrogens with one attached hydrogen (secondary N) is 2. The lowest BCUT2D eigenvalue weighted by Gasteiger charge is -2.36. The number of carbonyl (C=O) groups excluding carboxylic acids is 3. The largest absolute Gasteiger partial charge is 0.497 e. The van der Waals surface area contributed by atoms with Crippen LogP contribution >= 0.6 is 0 Å². The lowest BCUT2D eigenvalue weighted by Crippen LogP contribution is -2.54. The topological polar surface area (TPSA) is 117 Å². The van der Waals surface area contributed by atoms with Crippen LogP contribution in [0.15, 0.2) is 24.3 Å². The molecule has 0 saturated carbocycles.